The van der Waals surface area contributed by atoms with E-state index in [4.69, 9.17) is 0 Å². The Morgan fingerprint density at radius 2 is 1.51 bits per heavy atom. The molecule has 1 heterocycles. The van der Waals surface area contributed by atoms with E-state index in [2.05, 4.69) is 20.9 Å². The lowest BCUT2D eigenvalue weighted by molar-refractivity contribution is -0.121. The molecule has 0 radical (unpaired) electrons. The molecule has 0 unspecified atom stereocenters. The number of halogens is 1. The summed E-state index contributed by atoms with van der Waals surface area (Å²) in [7, 11) is 1.63. The molecular formula is C30H30FN5O3. The lowest BCUT2D eigenvalue weighted by Gasteiger charge is -2.20. The Morgan fingerprint density at radius 1 is 0.923 bits per heavy atom. The molecule has 8 nitrogen and oxygen atoms in total. The number of nitrogens with zero attached hydrogens (tertiary/aromatic N) is 2. The zero-order valence-electron chi connectivity index (χ0n) is 21.7. The highest BCUT2D eigenvalue weighted by Crippen LogP contribution is 2.24. The number of amides is 2. The highest BCUT2D eigenvalue weighted by molar-refractivity contribution is 5.94. The monoisotopic (exact) mass is 527 g/mol. The lowest BCUT2D eigenvalue weighted by atomic mass is 9.91. The molecule has 1 aromatic heterocycles. The van der Waals surface area contributed by atoms with Crippen LogP contribution in [-0.2, 0) is 16.1 Å². The van der Waals surface area contributed by atoms with Crippen molar-refractivity contribution in [1.82, 2.24) is 20.2 Å². The van der Waals surface area contributed by atoms with Gasteiger partial charge in [0.2, 0.25) is 11.8 Å². The van der Waals surface area contributed by atoms with E-state index in [0.29, 0.717) is 12.1 Å². The van der Waals surface area contributed by atoms with Gasteiger partial charge in [-0.05, 0) is 49.4 Å². The maximum Gasteiger partial charge on any atom is 0.278 e. The summed E-state index contributed by atoms with van der Waals surface area (Å²) in [6.45, 7) is 1.61. The van der Waals surface area contributed by atoms with Gasteiger partial charge in [-0.15, -0.1) is 0 Å². The minimum absolute atomic E-state index is 0.0628. The van der Waals surface area contributed by atoms with Crippen molar-refractivity contribution in [3.05, 3.63) is 118 Å². The predicted octanol–water partition coefficient (Wildman–Crippen LogP) is 3.54. The maximum absolute atomic E-state index is 13.6. The Hall–Kier alpha value is -4.63. The molecule has 0 aliphatic rings. The first-order valence-electron chi connectivity index (χ1n) is 12.6. The molecule has 0 saturated carbocycles. The van der Waals surface area contributed by atoms with Crippen LogP contribution in [0.25, 0.3) is 11.4 Å². The summed E-state index contributed by atoms with van der Waals surface area (Å²) in [6.07, 6.45) is 1.25. The second-order valence-electron chi connectivity index (χ2n) is 9.07. The zero-order chi connectivity index (χ0) is 27.8. The zero-order valence-corrected chi connectivity index (χ0v) is 21.7. The maximum atomic E-state index is 13.6. The molecular weight excluding hydrogens is 497 g/mol. The van der Waals surface area contributed by atoms with Crippen LogP contribution in [0, 0.1) is 5.82 Å². The van der Waals surface area contributed by atoms with Gasteiger partial charge in [-0.25, -0.2) is 9.37 Å². The molecule has 0 spiro atoms. The average molecular weight is 528 g/mol. The normalized spacial score (nSPS) is 11.7. The van der Waals surface area contributed by atoms with E-state index < -0.39 is 29.2 Å². The summed E-state index contributed by atoms with van der Waals surface area (Å²) in [5.41, 5.74) is 1.87. The number of hydrogen-bond donors (Lipinski definition) is 3. The number of aromatic nitrogens is 2. The Bertz CT molecular complexity index is 1430. The topological polar surface area (TPSA) is 105 Å². The van der Waals surface area contributed by atoms with Gasteiger partial charge in [-0.1, -0.05) is 60.7 Å². The number of nitrogens with one attached hydrogen (secondary N) is 3. The van der Waals surface area contributed by atoms with Gasteiger partial charge in [0.25, 0.3) is 5.56 Å². The van der Waals surface area contributed by atoms with Gasteiger partial charge in [-0.3, -0.25) is 19.0 Å². The largest absolute Gasteiger partial charge is 0.354 e. The summed E-state index contributed by atoms with van der Waals surface area (Å²) in [4.78, 5) is 43.4. The SMILES string of the molecule is CN[C@@H](C)C(=O)Nc1cnc(-c2ccc(F)cc2)n(CC(=O)NCC(c2ccccc2)c2ccccc2)c1=O. The van der Waals surface area contributed by atoms with Gasteiger partial charge in [0.1, 0.15) is 23.9 Å². The molecule has 0 fully saturated rings. The summed E-state index contributed by atoms with van der Waals surface area (Å²) >= 11 is 0. The molecule has 0 saturated heterocycles. The van der Waals surface area contributed by atoms with Crippen molar-refractivity contribution in [3.8, 4) is 11.4 Å². The van der Waals surface area contributed by atoms with Crippen molar-refractivity contribution in [2.75, 3.05) is 18.9 Å². The fraction of sp³-hybridized carbons (Fsp3) is 0.200. The first-order chi connectivity index (χ1) is 18.9. The van der Waals surface area contributed by atoms with E-state index in [1.807, 2.05) is 60.7 Å². The highest BCUT2D eigenvalue weighted by atomic mass is 19.1. The third-order valence-corrected chi connectivity index (χ3v) is 6.44. The van der Waals surface area contributed by atoms with Gasteiger partial charge in [-0.2, -0.15) is 0 Å². The molecule has 9 heteroatoms. The van der Waals surface area contributed by atoms with E-state index in [-0.39, 0.29) is 24.0 Å². The van der Waals surface area contributed by atoms with Gasteiger partial charge in [0.15, 0.2) is 0 Å². The molecule has 39 heavy (non-hydrogen) atoms. The molecule has 0 bridgehead atoms. The van der Waals surface area contributed by atoms with Crippen molar-refractivity contribution in [3.63, 3.8) is 0 Å². The number of rotatable bonds is 10. The van der Waals surface area contributed by atoms with E-state index in [9.17, 15) is 18.8 Å². The Morgan fingerprint density at radius 3 is 2.08 bits per heavy atom. The molecule has 0 aliphatic heterocycles. The summed E-state index contributed by atoms with van der Waals surface area (Å²) in [5.74, 6) is -1.20. The number of likely N-dealkylation sites (N-methyl/N-ethyl adjacent to an activating group) is 1. The number of carbonyl (C=O) groups excluding carboxylic acids is 2. The van der Waals surface area contributed by atoms with Crippen molar-refractivity contribution < 1.29 is 14.0 Å². The van der Waals surface area contributed by atoms with Crippen LogP contribution in [0.2, 0.25) is 0 Å². The second-order valence-corrected chi connectivity index (χ2v) is 9.07. The molecule has 1 atom stereocenters. The minimum Gasteiger partial charge on any atom is -0.354 e. The highest BCUT2D eigenvalue weighted by Gasteiger charge is 2.20. The van der Waals surface area contributed by atoms with E-state index in [0.717, 1.165) is 11.1 Å². The number of hydrogen-bond acceptors (Lipinski definition) is 5. The molecule has 2 amide bonds. The van der Waals surface area contributed by atoms with Crippen LogP contribution in [0.4, 0.5) is 10.1 Å². The first kappa shape index (κ1) is 27.4. The molecule has 0 aliphatic carbocycles. The fourth-order valence-corrected chi connectivity index (χ4v) is 4.14. The smallest absolute Gasteiger partial charge is 0.278 e. The van der Waals surface area contributed by atoms with E-state index >= 15 is 0 Å². The summed E-state index contributed by atoms with van der Waals surface area (Å²) < 4.78 is 14.7. The second kappa shape index (κ2) is 12.7. The first-order valence-corrected chi connectivity index (χ1v) is 12.6. The lowest BCUT2D eigenvalue weighted by Crippen LogP contribution is -2.39. The van der Waals surface area contributed by atoms with Gasteiger partial charge < -0.3 is 16.0 Å². The number of benzene rings is 3. The van der Waals surface area contributed by atoms with Crippen molar-refractivity contribution in [2.24, 2.45) is 0 Å². The van der Waals surface area contributed by atoms with Crippen molar-refractivity contribution in [1.29, 1.82) is 0 Å². The quantitative estimate of drug-likeness (QED) is 0.293. The molecule has 4 aromatic rings. The Balaban J connectivity index is 1.62. The standard InChI is InChI=1S/C30H30FN5O3/c1-20(32-2)29(38)35-26-18-34-28(23-13-15-24(31)16-14-23)36(30(26)39)19-27(37)33-17-25(21-9-5-3-6-10-21)22-11-7-4-8-12-22/h3-16,18,20,25,32H,17,19H2,1-2H3,(H,33,37)(H,35,38)/t20-/m0/s1. The van der Waals surface area contributed by atoms with Crippen LogP contribution in [-0.4, -0.2) is 41.0 Å². The predicted molar refractivity (Wildman–Crippen MR) is 149 cm³/mol. The van der Waals surface area contributed by atoms with Crippen LogP contribution in [0.15, 0.2) is 95.9 Å². The third kappa shape index (κ3) is 6.82. The molecule has 4 rings (SSSR count). The molecule has 200 valence electrons. The summed E-state index contributed by atoms with van der Waals surface area (Å²) in [6, 6.07) is 24.6. The Labute approximate surface area is 225 Å². The van der Waals surface area contributed by atoms with E-state index in [1.165, 1.54) is 35.0 Å². The van der Waals surface area contributed by atoms with Crippen LogP contribution in [0.1, 0.15) is 24.0 Å². The number of carbonyl (C=O) groups is 2. The minimum atomic E-state index is -0.598. The summed E-state index contributed by atoms with van der Waals surface area (Å²) in [5, 5.41) is 8.32. The van der Waals surface area contributed by atoms with E-state index in [1.54, 1.807) is 14.0 Å². The van der Waals surface area contributed by atoms with Gasteiger partial charge in [0.05, 0.1) is 12.2 Å². The molecule has 3 aromatic carbocycles. The van der Waals surface area contributed by atoms with Crippen LogP contribution in [0.3, 0.4) is 0 Å². The van der Waals surface area contributed by atoms with Crippen LogP contribution in [0.5, 0.6) is 0 Å². The van der Waals surface area contributed by atoms with Gasteiger partial charge >= 0.3 is 0 Å². The Kier molecular flexibility index (Phi) is 8.96. The molecule has 3 N–H and O–H groups in total. The average Bonchev–Trinajstić information content (AvgIpc) is 2.96. The van der Waals surface area contributed by atoms with Crippen molar-refractivity contribution in [2.45, 2.75) is 25.4 Å². The van der Waals surface area contributed by atoms with Crippen LogP contribution >= 0.6 is 0 Å². The van der Waals surface area contributed by atoms with Crippen LogP contribution < -0.4 is 21.5 Å². The van der Waals surface area contributed by atoms with Crippen molar-refractivity contribution >= 4 is 17.5 Å². The van der Waals surface area contributed by atoms with Gasteiger partial charge in [0, 0.05) is 18.0 Å². The number of anilines is 1. The third-order valence-electron chi connectivity index (χ3n) is 6.44. The fourth-order valence-electron chi connectivity index (χ4n) is 4.14.